The van der Waals surface area contributed by atoms with Crippen LogP contribution in [0, 0.1) is 0 Å². The lowest BCUT2D eigenvalue weighted by molar-refractivity contribution is -0.132. The molecule has 36 heavy (non-hydrogen) atoms. The molecule has 0 spiro atoms. The van der Waals surface area contributed by atoms with Gasteiger partial charge in [-0.15, -0.1) is 5.10 Å². The lowest BCUT2D eigenvalue weighted by atomic mass is 9.98. The molecule has 0 N–H and O–H groups in total. The zero-order valence-electron chi connectivity index (χ0n) is 20.9. The number of nitrogens with zero attached hydrogens (tertiary/aromatic N) is 6. The molecule has 2 amide bonds. The van der Waals surface area contributed by atoms with Crippen molar-refractivity contribution < 1.29 is 9.59 Å². The molecular formula is C27H31ClN6O2. The van der Waals surface area contributed by atoms with E-state index in [9.17, 15) is 9.59 Å². The summed E-state index contributed by atoms with van der Waals surface area (Å²) >= 11 is 6.20. The Kier molecular flexibility index (Phi) is 6.55. The maximum Gasteiger partial charge on any atom is 0.294 e. The second-order valence-electron chi connectivity index (χ2n) is 10.2. The van der Waals surface area contributed by atoms with Crippen LogP contribution in [-0.2, 0) is 4.79 Å². The predicted octanol–water partition coefficient (Wildman–Crippen LogP) is 4.36. The van der Waals surface area contributed by atoms with E-state index in [1.165, 1.54) is 0 Å². The zero-order chi connectivity index (χ0) is 25.4. The third kappa shape index (κ3) is 4.87. The van der Waals surface area contributed by atoms with Gasteiger partial charge >= 0.3 is 0 Å². The number of aliphatic imine (C=N–C) groups is 1. The van der Waals surface area contributed by atoms with Crippen molar-refractivity contribution in [3.05, 3.63) is 58.9 Å². The molecule has 1 aliphatic carbocycles. The minimum atomic E-state index is -0.598. The molecule has 5 rings (SSSR count). The van der Waals surface area contributed by atoms with Gasteiger partial charge < -0.3 is 9.80 Å². The Hall–Kier alpha value is -3.26. The molecule has 1 unspecified atom stereocenters. The molecular weight excluding hydrogens is 476 g/mol. The minimum absolute atomic E-state index is 0.0681. The number of piperazine rings is 1. The summed E-state index contributed by atoms with van der Waals surface area (Å²) in [6.45, 7) is 7.20. The van der Waals surface area contributed by atoms with E-state index < -0.39 is 5.54 Å². The number of pyridine rings is 1. The van der Waals surface area contributed by atoms with Gasteiger partial charge in [0.2, 0.25) is 5.84 Å². The van der Waals surface area contributed by atoms with E-state index in [1.54, 1.807) is 33.2 Å². The first kappa shape index (κ1) is 24.4. The molecule has 9 heteroatoms. The average molecular weight is 507 g/mol. The lowest BCUT2D eigenvalue weighted by Crippen LogP contribution is -2.63. The largest absolute Gasteiger partial charge is 0.333 e. The first-order valence-electron chi connectivity index (χ1n) is 12.5. The van der Waals surface area contributed by atoms with Crippen LogP contribution in [0.2, 0.25) is 5.02 Å². The van der Waals surface area contributed by atoms with Gasteiger partial charge in [-0.1, -0.05) is 30.7 Å². The molecule has 2 aliphatic heterocycles. The summed E-state index contributed by atoms with van der Waals surface area (Å²) in [6.07, 6.45) is 4.83. The topological polar surface area (TPSA) is 81.5 Å². The maximum absolute atomic E-state index is 13.6. The van der Waals surface area contributed by atoms with E-state index in [0.29, 0.717) is 36.3 Å². The van der Waals surface area contributed by atoms with Crippen LogP contribution in [0.4, 0.5) is 5.69 Å². The van der Waals surface area contributed by atoms with Crippen molar-refractivity contribution in [2.75, 3.05) is 24.6 Å². The Labute approximate surface area is 216 Å². The van der Waals surface area contributed by atoms with Crippen LogP contribution in [0.25, 0.3) is 0 Å². The fourth-order valence-corrected chi connectivity index (χ4v) is 5.01. The Morgan fingerprint density at radius 3 is 2.56 bits per heavy atom. The monoisotopic (exact) mass is 506 g/mol. The number of hydrazone groups is 1. The van der Waals surface area contributed by atoms with Crippen LogP contribution >= 0.6 is 11.6 Å². The molecule has 1 saturated heterocycles. The standard InChI is InChI=1S/C27H31ClN6O2/c1-4-20-16-29-24(31-34(20)21-8-5-7-19(28)15-21)26(36)33-14-13-32(17-27(33,2)3)25(35)23-10-6-9-22(30-23)18-11-12-18/h5-10,15-16,18,20H,4,11-14,17H2,1-3H3. The van der Waals surface area contributed by atoms with Crippen LogP contribution < -0.4 is 5.01 Å². The van der Waals surface area contributed by atoms with E-state index in [1.807, 2.05) is 51.1 Å². The quantitative estimate of drug-likeness (QED) is 0.603. The molecule has 0 bridgehead atoms. The molecule has 3 aliphatic rings. The smallest absolute Gasteiger partial charge is 0.294 e. The van der Waals surface area contributed by atoms with E-state index in [0.717, 1.165) is 30.6 Å². The molecule has 8 nitrogen and oxygen atoms in total. The van der Waals surface area contributed by atoms with Crippen molar-refractivity contribution in [2.45, 2.75) is 57.5 Å². The number of rotatable bonds is 5. The number of aromatic nitrogens is 1. The van der Waals surface area contributed by atoms with Gasteiger partial charge in [0, 0.05) is 42.5 Å². The van der Waals surface area contributed by atoms with Crippen molar-refractivity contribution >= 4 is 41.2 Å². The number of carbonyl (C=O) groups excluding carboxylic acids is 2. The SMILES string of the molecule is CCC1C=NC(C(=O)N2CCN(C(=O)c3cccc(C4CC4)n3)CC2(C)C)=NN1c1cccc(Cl)c1. The maximum atomic E-state index is 13.6. The minimum Gasteiger partial charge on any atom is -0.333 e. The van der Waals surface area contributed by atoms with Crippen molar-refractivity contribution in [3.63, 3.8) is 0 Å². The summed E-state index contributed by atoms with van der Waals surface area (Å²) in [7, 11) is 0. The number of hydrogen-bond donors (Lipinski definition) is 0. The van der Waals surface area contributed by atoms with Crippen molar-refractivity contribution in [3.8, 4) is 0 Å². The lowest BCUT2D eigenvalue weighted by Gasteiger charge is -2.47. The Bertz CT molecular complexity index is 1240. The van der Waals surface area contributed by atoms with Gasteiger partial charge in [-0.2, -0.15) is 0 Å². The molecule has 0 radical (unpaired) electrons. The van der Waals surface area contributed by atoms with Gasteiger partial charge in [-0.05, 0) is 63.4 Å². The number of benzene rings is 1. The van der Waals surface area contributed by atoms with Crippen LogP contribution in [0.1, 0.15) is 62.1 Å². The molecule has 2 aromatic rings. The highest BCUT2D eigenvalue weighted by Crippen LogP contribution is 2.39. The number of amidine groups is 1. The van der Waals surface area contributed by atoms with Gasteiger partial charge in [0.05, 0.1) is 17.3 Å². The molecule has 1 aromatic carbocycles. The van der Waals surface area contributed by atoms with E-state index in [-0.39, 0.29) is 23.7 Å². The summed E-state index contributed by atoms with van der Waals surface area (Å²) in [6, 6.07) is 13.0. The highest BCUT2D eigenvalue weighted by atomic mass is 35.5. The number of carbonyl (C=O) groups is 2. The zero-order valence-corrected chi connectivity index (χ0v) is 21.6. The Morgan fingerprint density at radius 2 is 1.86 bits per heavy atom. The van der Waals surface area contributed by atoms with Crippen molar-refractivity contribution in [1.29, 1.82) is 0 Å². The number of halogens is 1. The van der Waals surface area contributed by atoms with E-state index in [2.05, 4.69) is 15.1 Å². The van der Waals surface area contributed by atoms with Gasteiger partial charge in [0.15, 0.2) is 0 Å². The van der Waals surface area contributed by atoms with E-state index in [4.69, 9.17) is 11.6 Å². The van der Waals surface area contributed by atoms with Crippen LogP contribution in [0.3, 0.4) is 0 Å². The first-order chi connectivity index (χ1) is 17.3. The van der Waals surface area contributed by atoms with Gasteiger partial charge in [-0.3, -0.25) is 14.6 Å². The predicted molar refractivity (Wildman–Crippen MR) is 142 cm³/mol. The third-order valence-corrected chi connectivity index (χ3v) is 7.22. The summed E-state index contributed by atoms with van der Waals surface area (Å²) in [5.74, 6) is 0.271. The van der Waals surface area contributed by atoms with Gasteiger partial charge in [-0.25, -0.2) is 9.98 Å². The fourth-order valence-electron chi connectivity index (χ4n) is 4.83. The van der Waals surface area contributed by atoms with Gasteiger partial charge in [0.25, 0.3) is 11.8 Å². The summed E-state index contributed by atoms with van der Waals surface area (Å²) in [5, 5.41) is 7.04. The van der Waals surface area contributed by atoms with E-state index >= 15 is 0 Å². The Morgan fingerprint density at radius 1 is 1.08 bits per heavy atom. The molecule has 2 fully saturated rings. The van der Waals surface area contributed by atoms with Crippen molar-refractivity contribution in [1.82, 2.24) is 14.8 Å². The number of amides is 2. The summed E-state index contributed by atoms with van der Waals surface area (Å²) in [4.78, 5) is 39.4. The fraction of sp³-hybridized carbons (Fsp3) is 0.444. The highest BCUT2D eigenvalue weighted by Gasteiger charge is 2.41. The van der Waals surface area contributed by atoms with Crippen LogP contribution in [0.5, 0.6) is 0 Å². The van der Waals surface area contributed by atoms with Crippen molar-refractivity contribution in [2.24, 2.45) is 10.1 Å². The number of hydrogen-bond acceptors (Lipinski definition) is 6. The molecule has 1 atom stereocenters. The molecule has 1 aromatic heterocycles. The summed E-state index contributed by atoms with van der Waals surface area (Å²) in [5.41, 5.74) is 1.68. The second kappa shape index (κ2) is 9.65. The number of anilines is 1. The molecule has 3 heterocycles. The average Bonchev–Trinajstić information content (AvgIpc) is 3.73. The third-order valence-electron chi connectivity index (χ3n) is 6.99. The van der Waals surface area contributed by atoms with Crippen LogP contribution in [-0.4, -0.2) is 69.9 Å². The molecule has 188 valence electrons. The summed E-state index contributed by atoms with van der Waals surface area (Å²) < 4.78 is 0. The highest BCUT2D eigenvalue weighted by molar-refractivity contribution is 6.40. The second-order valence-corrected chi connectivity index (χ2v) is 10.7. The normalized spacial score (nSPS) is 21.4. The van der Waals surface area contributed by atoms with Gasteiger partial charge in [0.1, 0.15) is 5.69 Å². The Balaban J connectivity index is 1.32. The molecule has 1 saturated carbocycles. The first-order valence-corrected chi connectivity index (χ1v) is 12.9. The van der Waals surface area contributed by atoms with Crippen LogP contribution in [0.15, 0.2) is 52.6 Å².